The highest BCUT2D eigenvalue weighted by Crippen LogP contribution is 2.36. The molecule has 0 unspecified atom stereocenters. The zero-order valence-corrected chi connectivity index (χ0v) is 18.8. The minimum atomic E-state index is -1.54. The summed E-state index contributed by atoms with van der Waals surface area (Å²) in [5.41, 5.74) is 0.474. The van der Waals surface area contributed by atoms with Gasteiger partial charge in [-0.3, -0.25) is 15.1 Å². The lowest BCUT2D eigenvalue weighted by Gasteiger charge is -2.16. The topological polar surface area (TPSA) is 108 Å². The van der Waals surface area contributed by atoms with Crippen molar-refractivity contribution in [1.82, 2.24) is 20.2 Å². The number of rotatable bonds is 7. The summed E-state index contributed by atoms with van der Waals surface area (Å²) in [6, 6.07) is 3.35. The number of nitrogens with zero attached hydrogens (tertiary/aromatic N) is 4. The number of carbonyl (C=O) groups is 1. The van der Waals surface area contributed by atoms with E-state index >= 15 is 0 Å². The van der Waals surface area contributed by atoms with Crippen molar-refractivity contribution in [3.8, 4) is 22.1 Å². The Hall–Kier alpha value is -2.89. The average molecular weight is 480 g/mol. The van der Waals surface area contributed by atoms with Gasteiger partial charge >= 0.3 is 0 Å². The summed E-state index contributed by atoms with van der Waals surface area (Å²) in [6.07, 6.45) is 3.25. The van der Waals surface area contributed by atoms with Crippen molar-refractivity contribution in [2.45, 2.75) is 19.0 Å². The number of nitrogens with one attached hydrogen (secondary N) is 1. The Bertz CT molecular complexity index is 1140. The fraction of sp³-hybridized carbons (Fsp3) is 0.350. The van der Waals surface area contributed by atoms with E-state index in [1.54, 1.807) is 19.1 Å². The molecule has 1 aliphatic rings. The molecule has 1 aliphatic heterocycles. The molecule has 32 heavy (non-hydrogen) atoms. The van der Waals surface area contributed by atoms with Crippen LogP contribution in [-0.4, -0.2) is 58.7 Å². The molecule has 0 bridgehead atoms. The van der Waals surface area contributed by atoms with Crippen molar-refractivity contribution in [2.24, 2.45) is 0 Å². The monoisotopic (exact) mass is 479 g/mol. The van der Waals surface area contributed by atoms with Crippen LogP contribution >= 0.6 is 22.9 Å². The third-order valence-corrected chi connectivity index (χ3v) is 5.77. The molecule has 3 aromatic rings. The first kappa shape index (κ1) is 22.3. The van der Waals surface area contributed by atoms with Gasteiger partial charge in [0.15, 0.2) is 5.67 Å². The van der Waals surface area contributed by atoms with Gasteiger partial charge in [0.25, 0.3) is 11.1 Å². The minimum Gasteiger partial charge on any atom is -0.494 e. The molecule has 1 amide bonds. The third kappa shape index (κ3) is 4.79. The molecule has 0 spiro atoms. The van der Waals surface area contributed by atoms with E-state index < -0.39 is 11.6 Å². The molecule has 1 N–H and O–H groups in total. The van der Waals surface area contributed by atoms with Gasteiger partial charge in [-0.2, -0.15) is 0 Å². The van der Waals surface area contributed by atoms with Gasteiger partial charge in [-0.1, -0.05) is 16.7 Å². The van der Waals surface area contributed by atoms with Crippen molar-refractivity contribution >= 4 is 34.0 Å². The number of hydrogen-bond acceptors (Lipinski definition) is 9. The van der Waals surface area contributed by atoms with Gasteiger partial charge in [0.1, 0.15) is 17.5 Å². The standard InChI is InChI=1S/C20H19ClFN5O4S/c1-11-16(29-2)15(12-3-5-23-14(21)7-12)13(8-24-11)17(28)25-18-26-27-19(32-18)31-10-20(22)4-6-30-9-20/h3,5,7-8H,4,6,9-10H2,1-2H3,(H,25,26,28)/t20-/m0/s1. The van der Waals surface area contributed by atoms with Gasteiger partial charge in [0.2, 0.25) is 5.13 Å². The molecule has 0 radical (unpaired) electrons. The maximum absolute atomic E-state index is 14.4. The quantitative estimate of drug-likeness (QED) is 0.511. The molecule has 1 fully saturated rings. The molecule has 0 aliphatic carbocycles. The molecule has 9 nitrogen and oxygen atoms in total. The van der Waals surface area contributed by atoms with Crippen LogP contribution in [0.2, 0.25) is 5.15 Å². The van der Waals surface area contributed by atoms with Gasteiger partial charge in [-0.05, 0) is 36.0 Å². The average Bonchev–Trinajstić information content (AvgIpc) is 3.41. The lowest BCUT2D eigenvalue weighted by molar-refractivity contribution is 0.0639. The summed E-state index contributed by atoms with van der Waals surface area (Å²) in [6.45, 7) is 1.92. The zero-order valence-electron chi connectivity index (χ0n) is 17.2. The van der Waals surface area contributed by atoms with Crippen LogP contribution in [0.4, 0.5) is 9.52 Å². The lowest BCUT2D eigenvalue weighted by Crippen LogP contribution is -2.31. The van der Waals surface area contributed by atoms with Crippen molar-refractivity contribution < 1.29 is 23.4 Å². The van der Waals surface area contributed by atoms with Crippen molar-refractivity contribution in [2.75, 3.05) is 32.2 Å². The predicted octanol–water partition coefficient (Wildman–Crippen LogP) is 3.73. The van der Waals surface area contributed by atoms with Crippen LogP contribution in [0.25, 0.3) is 11.1 Å². The fourth-order valence-corrected chi connectivity index (χ4v) is 3.99. The lowest BCUT2D eigenvalue weighted by atomic mass is 9.99. The van der Waals surface area contributed by atoms with Crippen molar-refractivity contribution in [3.63, 3.8) is 0 Å². The molecule has 0 aromatic carbocycles. The van der Waals surface area contributed by atoms with E-state index in [9.17, 15) is 9.18 Å². The Kier molecular flexibility index (Phi) is 6.49. The Morgan fingerprint density at radius 2 is 2.25 bits per heavy atom. The van der Waals surface area contributed by atoms with E-state index in [0.29, 0.717) is 29.2 Å². The van der Waals surface area contributed by atoms with Gasteiger partial charge in [0.05, 0.1) is 25.0 Å². The molecule has 0 saturated carbocycles. The molecular weight excluding hydrogens is 461 g/mol. The number of alkyl halides is 1. The number of amides is 1. The normalized spacial score (nSPS) is 17.9. The summed E-state index contributed by atoms with van der Waals surface area (Å²) in [7, 11) is 1.50. The second-order valence-corrected chi connectivity index (χ2v) is 8.43. The predicted molar refractivity (Wildman–Crippen MR) is 116 cm³/mol. The van der Waals surface area contributed by atoms with Gasteiger partial charge in [-0.25, -0.2) is 9.37 Å². The van der Waals surface area contributed by atoms with Gasteiger partial charge < -0.3 is 14.2 Å². The number of ether oxygens (including phenoxy) is 3. The number of pyridine rings is 2. The third-order valence-electron chi connectivity index (χ3n) is 4.81. The Balaban J connectivity index is 1.56. The number of aryl methyl sites for hydroxylation is 1. The maximum atomic E-state index is 14.4. The minimum absolute atomic E-state index is 0.0144. The smallest absolute Gasteiger partial charge is 0.295 e. The van der Waals surface area contributed by atoms with E-state index in [-0.39, 0.29) is 40.7 Å². The Labute approximate surface area is 191 Å². The van der Waals surface area contributed by atoms with Crippen LogP contribution in [0.1, 0.15) is 22.5 Å². The first-order valence-electron chi connectivity index (χ1n) is 9.58. The number of methoxy groups -OCH3 is 1. The summed E-state index contributed by atoms with van der Waals surface area (Å²) in [4.78, 5) is 21.3. The summed E-state index contributed by atoms with van der Waals surface area (Å²) >= 11 is 7.04. The van der Waals surface area contributed by atoms with Crippen molar-refractivity contribution in [3.05, 3.63) is 40.9 Å². The van der Waals surface area contributed by atoms with E-state index in [1.807, 2.05) is 0 Å². The van der Waals surface area contributed by atoms with Crippen LogP contribution in [0.3, 0.4) is 0 Å². The molecule has 3 aromatic heterocycles. The molecule has 4 heterocycles. The Morgan fingerprint density at radius 3 is 2.97 bits per heavy atom. The summed E-state index contributed by atoms with van der Waals surface area (Å²) in [5.74, 6) is -0.0409. The summed E-state index contributed by atoms with van der Waals surface area (Å²) in [5, 5.41) is 11.0. The van der Waals surface area contributed by atoms with Gasteiger partial charge in [-0.15, -0.1) is 5.10 Å². The first-order valence-corrected chi connectivity index (χ1v) is 10.8. The Morgan fingerprint density at radius 1 is 1.41 bits per heavy atom. The van der Waals surface area contributed by atoms with E-state index in [1.165, 1.54) is 19.5 Å². The number of carbonyl (C=O) groups excluding carboxylic acids is 1. The number of aromatic nitrogens is 4. The van der Waals surface area contributed by atoms with E-state index in [4.69, 9.17) is 25.8 Å². The molecule has 1 saturated heterocycles. The summed E-state index contributed by atoms with van der Waals surface area (Å²) < 4.78 is 30.4. The van der Waals surface area contributed by atoms with Crippen molar-refractivity contribution in [1.29, 1.82) is 0 Å². The van der Waals surface area contributed by atoms with Gasteiger partial charge in [0, 0.05) is 31.0 Å². The second-order valence-electron chi connectivity index (χ2n) is 7.10. The number of halogens is 2. The number of anilines is 1. The molecule has 12 heteroatoms. The SMILES string of the molecule is COc1c(C)ncc(C(=O)Nc2nnc(OC[C@]3(F)CCOC3)s2)c1-c1ccnc(Cl)c1. The number of hydrogen-bond donors (Lipinski definition) is 1. The van der Waals surface area contributed by atoms with Crippen LogP contribution < -0.4 is 14.8 Å². The van der Waals surface area contributed by atoms with E-state index in [0.717, 1.165) is 11.3 Å². The largest absolute Gasteiger partial charge is 0.494 e. The van der Waals surface area contributed by atoms with Crippen LogP contribution in [0.15, 0.2) is 24.5 Å². The van der Waals surface area contributed by atoms with E-state index in [2.05, 4.69) is 25.5 Å². The van der Waals surface area contributed by atoms with Crippen LogP contribution in [0.5, 0.6) is 10.9 Å². The zero-order chi connectivity index (χ0) is 22.7. The highest BCUT2D eigenvalue weighted by atomic mass is 35.5. The molecule has 1 atom stereocenters. The second kappa shape index (κ2) is 9.31. The molecule has 168 valence electrons. The highest BCUT2D eigenvalue weighted by molar-refractivity contribution is 7.17. The highest BCUT2D eigenvalue weighted by Gasteiger charge is 2.36. The fourth-order valence-electron chi connectivity index (χ4n) is 3.22. The molecular formula is C20H19ClFN5O4S. The maximum Gasteiger partial charge on any atom is 0.295 e. The first-order chi connectivity index (χ1) is 15.4. The van der Waals surface area contributed by atoms with Crippen LogP contribution in [0, 0.1) is 6.92 Å². The molecule has 4 rings (SSSR count). The van der Waals surface area contributed by atoms with Crippen LogP contribution in [-0.2, 0) is 4.74 Å².